The van der Waals surface area contributed by atoms with Crippen LogP contribution in [0.2, 0.25) is 0 Å². The van der Waals surface area contributed by atoms with E-state index >= 15 is 0 Å². The van der Waals surface area contributed by atoms with Crippen molar-refractivity contribution >= 4 is 22.6 Å². The first-order valence-corrected chi connectivity index (χ1v) is 9.63. The number of nitrogens with one attached hydrogen (secondary N) is 1. The van der Waals surface area contributed by atoms with Crippen molar-refractivity contribution in [1.82, 2.24) is 10.2 Å². The van der Waals surface area contributed by atoms with Gasteiger partial charge in [-0.1, -0.05) is 0 Å². The van der Waals surface area contributed by atoms with Gasteiger partial charge in [-0.15, -0.1) is 0 Å². The summed E-state index contributed by atoms with van der Waals surface area (Å²) in [4.78, 5) is 26.8. The summed E-state index contributed by atoms with van der Waals surface area (Å²) < 4.78 is 11.4. The van der Waals surface area contributed by atoms with E-state index in [0.717, 1.165) is 30.6 Å². The normalized spacial score (nSPS) is 20.1. The van der Waals surface area contributed by atoms with Gasteiger partial charge in [-0.3, -0.25) is 13.8 Å². The van der Waals surface area contributed by atoms with Crippen LogP contribution in [0.4, 0.5) is 0 Å². The van der Waals surface area contributed by atoms with Crippen molar-refractivity contribution < 1.29 is 13.8 Å². The highest BCUT2D eigenvalue weighted by Gasteiger charge is 2.32. The van der Waals surface area contributed by atoms with Crippen molar-refractivity contribution in [3.05, 3.63) is 29.8 Å². The van der Waals surface area contributed by atoms with E-state index < -0.39 is 10.8 Å². The lowest BCUT2D eigenvalue weighted by Crippen LogP contribution is -2.46. The van der Waals surface area contributed by atoms with Gasteiger partial charge in [0.05, 0.1) is 0 Å². The molecule has 2 amide bonds. The third kappa shape index (κ3) is 3.99. The van der Waals surface area contributed by atoms with E-state index in [-0.39, 0.29) is 23.8 Å². The average Bonchev–Trinajstić information content (AvgIpc) is 3.40. The molecule has 1 aromatic rings. The van der Waals surface area contributed by atoms with Crippen LogP contribution in [0.5, 0.6) is 0 Å². The van der Waals surface area contributed by atoms with E-state index in [9.17, 15) is 13.8 Å². The molecule has 3 rings (SSSR count). The molecule has 0 unspecified atom stereocenters. The minimum absolute atomic E-state index is 0.00500. The maximum absolute atomic E-state index is 12.5. The van der Waals surface area contributed by atoms with Gasteiger partial charge in [0, 0.05) is 52.6 Å². The van der Waals surface area contributed by atoms with Crippen LogP contribution >= 0.6 is 0 Å². The zero-order chi connectivity index (χ0) is 16.4. The molecule has 1 aliphatic heterocycles. The molecule has 1 aromatic carbocycles. The SMILES string of the molecule is C[S@@](=O)c1ccc(C(=O)N2CCC(NC(=O)C3CC3)CC2)cc1. The average molecular weight is 334 g/mol. The Kier molecular flexibility index (Phi) is 4.80. The Morgan fingerprint density at radius 3 is 2.22 bits per heavy atom. The fraction of sp³-hybridized carbons (Fsp3) is 0.529. The predicted molar refractivity (Wildman–Crippen MR) is 88.6 cm³/mol. The number of amides is 2. The number of hydrogen-bond donors (Lipinski definition) is 1. The van der Waals surface area contributed by atoms with Gasteiger partial charge >= 0.3 is 0 Å². The predicted octanol–water partition coefficient (Wildman–Crippen LogP) is 1.55. The number of benzene rings is 1. The molecule has 1 saturated carbocycles. The molecule has 2 fully saturated rings. The van der Waals surface area contributed by atoms with Crippen molar-refractivity contribution in [1.29, 1.82) is 0 Å². The highest BCUT2D eigenvalue weighted by Crippen LogP contribution is 2.29. The van der Waals surface area contributed by atoms with Crippen molar-refractivity contribution in [2.45, 2.75) is 36.6 Å². The van der Waals surface area contributed by atoms with E-state index in [1.165, 1.54) is 0 Å². The molecule has 1 saturated heterocycles. The summed E-state index contributed by atoms with van der Waals surface area (Å²) in [6, 6.07) is 7.15. The fourth-order valence-electron chi connectivity index (χ4n) is 2.86. The second-order valence-corrected chi connectivity index (χ2v) is 7.71. The lowest BCUT2D eigenvalue weighted by Gasteiger charge is -2.32. The lowest BCUT2D eigenvalue weighted by molar-refractivity contribution is -0.123. The Morgan fingerprint density at radius 2 is 1.70 bits per heavy atom. The molecular formula is C17H22N2O3S. The topological polar surface area (TPSA) is 66.5 Å². The van der Waals surface area contributed by atoms with Gasteiger partial charge in [0.15, 0.2) is 0 Å². The Bertz CT molecular complexity index is 617. The van der Waals surface area contributed by atoms with Crippen LogP contribution in [0.3, 0.4) is 0 Å². The monoisotopic (exact) mass is 334 g/mol. The van der Waals surface area contributed by atoms with Gasteiger partial charge < -0.3 is 10.2 Å². The van der Waals surface area contributed by atoms with Crippen LogP contribution in [0, 0.1) is 5.92 Å². The molecule has 0 aromatic heterocycles. The minimum atomic E-state index is -1.03. The van der Waals surface area contributed by atoms with Crippen LogP contribution in [-0.2, 0) is 15.6 Å². The molecular weight excluding hydrogens is 312 g/mol. The van der Waals surface area contributed by atoms with Gasteiger partial charge in [-0.25, -0.2) is 0 Å². The molecule has 23 heavy (non-hydrogen) atoms. The summed E-state index contributed by atoms with van der Waals surface area (Å²) in [5.74, 6) is 0.417. The smallest absolute Gasteiger partial charge is 0.253 e. The maximum atomic E-state index is 12.5. The summed E-state index contributed by atoms with van der Waals surface area (Å²) in [7, 11) is -1.03. The van der Waals surface area contributed by atoms with Gasteiger partial charge in [0.1, 0.15) is 0 Å². The molecule has 2 aliphatic rings. The van der Waals surface area contributed by atoms with E-state index in [0.29, 0.717) is 18.7 Å². The largest absolute Gasteiger partial charge is 0.353 e. The van der Waals surface area contributed by atoms with E-state index in [1.54, 1.807) is 30.5 Å². The summed E-state index contributed by atoms with van der Waals surface area (Å²) >= 11 is 0. The van der Waals surface area contributed by atoms with Crippen LogP contribution in [0.15, 0.2) is 29.2 Å². The van der Waals surface area contributed by atoms with Gasteiger partial charge in [0.2, 0.25) is 5.91 Å². The number of piperidine rings is 1. The summed E-state index contributed by atoms with van der Waals surface area (Å²) in [6.45, 7) is 1.33. The quantitative estimate of drug-likeness (QED) is 0.908. The van der Waals surface area contributed by atoms with Crippen molar-refractivity contribution in [2.75, 3.05) is 19.3 Å². The zero-order valence-corrected chi connectivity index (χ0v) is 14.1. The molecule has 6 heteroatoms. The van der Waals surface area contributed by atoms with Crippen LogP contribution < -0.4 is 5.32 Å². The summed E-state index contributed by atoms with van der Waals surface area (Å²) in [6.07, 6.45) is 5.27. The second kappa shape index (κ2) is 6.83. The van der Waals surface area contributed by atoms with Crippen LogP contribution in [0.1, 0.15) is 36.0 Å². The molecule has 1 N–H and O–H groups in total. The van der Waals surface area contributed by atoms with Crippen molar-refractivity contribution in [3.63, 3.8) is 0 Å². The summed E-state index contributed by atoms with van der Waals surface area (Å²) in [5.41, 5.74) is 0.625. The van der Waals surface area contributed by atoms with E-state index in [4.69, 9.17) is 0 Å². The van der Waals surface area contributed by atoms with Crippen molar-refractivity contribution in [3.8, 4) is 0 Å². The van der Waals surface area contributed by atoms with Gasteiger partial charge in [-0.05, 0) is 49.9 Å². The number of carbonyl (C=O) groups is 2. The molecule has 1 heterocycles. The minimum Gasteiger partial charge on any atom is -0.353 e. The molecule has 1 aliphatic carbocycles. The first-order chi connectivity index (χ1) is 11.0. The summed E-state index contributed by atoms with van der Waals surface area (Å²) in [5, 5.41) is 3.09. The molecule has 0 spiro atoms. The van der Waals surface area contributed by atoms with Crippen molar-refractivity contribution in [2.24, 2.45) is 5.92 Å². The van der Waals surface area contributed by atoms with Crippen LogP contribution in [-0.4, -0.2) is 46.3 Å². The number of hydrogen-bond acceptors (Lipinski definition) is 3. The Labute approximate surface area is 138 Å². The lowest BCUT2D eigenvalue weighted by atomic mass is 10.0. The standard InChI is InChI=1S/C17H22N2O3S/c1-23(22)15-6-4-13(5-7-15)17(21)19-10-8-14(9-11-19)18-16(20)12-2-3-12/h4-7,12,14H,2-3,8-11H2,1H3,(H,18,20)/t23-/m1/s1. The first kappa shape index (κ1) is 16.2. The molecule has 0 bridgehead atoms. The van der Waals surface area contributed by atoms with E-state index in [2.05, 4.69) is 5.32 Å². The third-order valence-corrected chi connectivity index (χ3v) is 5.45. The number of likely N-dealkylation sites (tertiary alicyclic amines) is 1. The Balaban J connectivity index is 1.53. The molecule has 1 atom stereocenters. The highest BCUT2D eigenvalue weighted by molar-refractivity contribution is 7.84. The molecule has 124 valence electrons. The van der Waals surface area contributed by atoms with Gasteiger partial charge in [0.25, 0.3) is 5.91 Å². The third-order valence-electron chi connectivity index (χ3n) is 4.51. The maximum Gasteiger partial charge on any atom is 0.253 e. The first-order valence-electron chi connectivity index (χ1n) is 8.08. The fourth-order valence-corrected chi connectivity index (χ4v) is 3.38. The van der Waals surface area contributed by atoms with E-state index in [1.807, 2.05) is 4.90 Å². The highest BCUT2D eigenvalue weighted by atomic mass is 32.2. The Morgan fingerprint density at radius 1 is 1.09 bits per heavy atom. The zero-order valence-electron chi connectivity index (χ0n) is 13.3. The number of rotatable bonds is 4. The molecule has 5 nitrogen and oxygen atoms in total. The number of nitrogens with zero attached hydrogens (tertiary/aromatic N) is 1. The second-order valence-electron chi connectivity index (χ2n) is 6.33. The number of carbonyl (C=O) groups excluding carboxylic acids is 2. The van der Waals surface area contributed by atoms with Crippen LogP contribution in [0.25, 0.3) is 0 Å². The Hall–Kier alpha value is -1.69. The molecule has 0 radical (unpaired) electrons. The van der Waals surface area contributed by atoms with Gasteiger partial charge in [-0.2, -0.15) is 0 Å².